The molecule has 0 amide bonds. The van der Waals surface area contributed by atoms with Gasteiger partial charge < -0.3 is 4.74 Å². The van der Waals surface area contributed by atoms with Crippen molar-refractivity contribution < 1.29 is 4.74 Å². The summed E-state index contributed by atoms with van der Waals surface area (Å²) in [4.78, 5) is 4.49. The Hall–Kier alpha value is -2.09. The lowest BCUT2D eigenvalue weighted by Crippen LogP contribution is -2.10. The van der Waals surface area contributed by atoms with Crippen molar-refractivity contribution >= 4 is 11.9 Å². The Morgan fingerprint density at radius 3 is 2.00 bits per heavy atom. The van der Waals surface area contributed by atoms with Gasteiger partial charge in [-0.25, -0.2) is 0 Å². The highest BCUT2D eigenvalue weighted by Crippen LogP contribution is 2.24. The van der Waals surface area contributed by atoms with E-state index >= 15 is 0 Å². The van der Waals surface area contributed by atoms with E-state index in [1.807, 2.05) is 30.5 Å². The van der Waals surface area contributed by atoms with Crippen LogP contribution in [-0.2, 0) is 5.41 Å². The predicted octanol–water partition coefficient (Wildman–Crippen LogP) is 4.74. The third kappa shape index (κ3) is 3.70. The van der Waals surface area contributed by atoms with Crippen LogP contribution < -0.4 is 4.74 Å². The fourth-order valence-corrected chi connectivity index (χ4v) is 1.89. The molecule has 0 bridgehead atoms. The van der Waals surface area contributed by atoms with Crippen LogP contribution in [0.3, 0.4) is 0 Å². The van der Waals surface area contributed by atoms with Crippen LogP contribution in [0.15, 0.2) is 53.5 Å². The largest absolute Gasteiger partial charge is 0.497 e. The minimum atomic E-state index is 0.179. The van der Waals surface area contributed by atoms with E-state index < -0.39 is 0 Å². The predicted molar refractivity (Wildman–Crippen MR) is 85.4 cm³/mol. The molecule has 0 fully saturated rings. The molecule has 0 N–H and O–H groups in total. The van der Waals surface area contributed by atoms with Crippen LogP contribution >= 0.6 is 0 Å². The van der Waals surface area contributed by atoms with Crippen LogP contribution in [-0.4, -0.2) is 13.3 Å². The molecule has 0 aliphatic rings. The first kappa shape index (κ1) is 14.3. The summed E-state index contributed by atoms with van der Waals surface area (Å²) in [6, 6.07) is 16.2. The molecule has 0 aromatic heterocycles. The first-order valence-electron chi connectivity index (χ1n) is 6.78. The molecule has 0 saturated heterocycles. The summed E-state index contributed by atoms with van der Waals surface area (Å²) in [6.07, 6.45) is 1.87. The fourth-order valence-electron chi connectivity index (χ4n) is 1.89. The number of aliphatic imine (C=N–C) groups is 1. The molecule has 2 aromatic rings. The minimum Gasteiger partial charge on any atom is -0.497 e. The number of hydrogen-bond donors (Lipinski definition) is 0. The first-order valence-corrected chi connectivity index (χ1v) is 6.78. The quantitative estimate of drug-likeness (QED) is 0.736. The Bertz CT molecular complexity index is 574. The highest BCUT2D eigenvalue weighted by Gasteiger charge is 2.12. The second kappa shape index (κ2) is 5.91. The molecule has 2 aromatic carbocycles. The second-order valence-corrected chi connectivity index (χ2v) is 5.83. The maximum atomic E-state index is 5.13. The van der Waals surface area contributed by atoms with Gasteiger partial charge in [0.1, 0.15) is 5.75 Å². The highest BCUT2D eigenvalue weighted by atomic mass is 16.5. The molecule has 2 heteroatoms. The lowest BCUT2D eigenvalue weighted by Gasteiger charge is -2.18. The molecular formula is C18H21NO. The molecule has 2 nitrogen and oxygen atoms in total. The summed E-state index contributed by atoms with van der Waals surface area (Å²) in [7, 11) is 1.67. The molecule has 0 saturated carbocycles. The van der Waals surface area contributed by atoms with E-state index in [9.17, 15) is 0 Å². The van der Waals surface area contributed by atoms with E-state index in [-0.39, 0.29) is 5.41 Å². The Morgan fingerprint density at radius 1 is 0.900 bits per heavy atom. The van der Waals surface area contributed by atoms with Gasteiger partial charge in [-0.15, -0.1) is 0 Å². The number of ether oxygens (including phenoxy) is 1. The zero-order chi connectivity index (χ0) is 14.6. The summed E-state index contributed by atoms with van der Waals surface area (Å²) in [5.41, 5.74) is 3.53. The van der Waals surface area contributed by atoms with Crippen LogP contribution in [0, 0.1) is 0 Å². The SMILES string of the molecule is COc1ccc(C=Nc2ccc(C(C)(C)C)cc2)cc1. The van der Waals surface area contributed by atoms with Crippen LogP contribution in [0.2, 0.25) is 0 Å². The maximum Gasteiger partial charge on any atom is 0.118 e. The van der Waals surface area contributed by atoms with E-state index in [4.69, 9.17) is 4.74 Å². The smallest absolute Gasteiger partial charge is 0.118 e. The molecule has 0 spiro atoms. The van der Waals surface area contributed by atoms with Crippen LogP contribution in [0.4, 0.5) is 5.69 Å². The number of methoxy groups -OCH3 is 1. The summed E-state index contributed by atoms with van der Waals surface area (Å²) in [5, 5.41) is 0. The van der Waals surface area contributed by atoms with Gasteiger partial charge in [-0.3, -0.25) is 4.99 Å². The van der Waals surface area contributed by atoms with Gasteiger partial charge in [0.05, 0.1) is 12.8 Å². The van der Waals surface area contributed by atoms with E-state index in [1.54, 1.807) is 7.11 Å². The lowest BCUT2D eigenvalue weighted by molar-refractivity contribution is 0.415. The average Bonchev–Trinajstić information content (AvgIpc) is 2.45. The van der Waals surface area contributed by atoms with Gasteiger partial charge in [0, 0.05) is 6.21 Å². The number of benzene rings is 2. The molecular weight excluding hydrogens is 246 g/mol. The first-order chi connectivity index (χ1) is 9.49. The second-order valence-electron chi connectivity index (χ2n) is 5.83. The van der Waals surface area contributed by atoms with Gasteiger partial charge >= 0.3 is 0 Å². The summed E-state index contributed by atoms with van der Waals surface area (Å²) in [5.74, 6) is 0.858. The van der Waals surface area contributed by atoms with Crippen molar-refractivity contribution in [1.82, 2.24) is 0 Å². The zero-order valence-electron chi connectivity index (χ0n) is 12.6. The normalized spacial score (nSPS) is 11.8. The topological polar surface area (TPSA) is 21.6 Å². The molecule has 0 heterocycles. The van der Waals surface area contributed by atoms with Crippen LogP contribution in [0.1, 0.15) is 31.9 Å². The van der Waals surface area contributed by atoms with Crippen LogP contribution in [0.5, 0.6) is 5.75 Å². The van der Waals surface area contributed by atoms with Crippen molar-refractivity contribution in [1.29, 1.82) is 0 Å². The average molecular weight is 267 g/mol. The Kier molecular flexibility index (Phi) is 4.23. The van der Waals surface area contributed by atoms with E-state index in [1.165, 1.54) is 5.56 Å². The van der Waals surface area contributed by atoms with Gasteiger partial charge in [0.15, 0.2) is 0 Å². The van der Waals surface area contributed by atoms with Crippen molar-refractivity contribution in [2.24, 2.45) is 4.99 Å². The van der Waals surface area contributed by atoms with E-state index in [0.29, 0.717) is 0 Å². The Morgan fingerprint density at radius 2 is 1.50 bits per heavy atom. The Balaban J connectivity index is 2.10. The molecule has 2 rings (SSSR count). The molecule has 0 aliphatic heterocycles. The van der Waals surface area contributed by atoms with Gasteiger partial charge in [-0.2, -0.15) is 0 Å². The molecule has 104 valence electrons. The van der Waals surface area contributed by atoms with Gasteiger partial charge in [0.2, 0.25) is 0 Å². The third-order valence-corrected chi connectivity index (χ3v) is 3.21. The summed E-state index contributed by atoms with van der Waals surface area (Å²) >= 11 is 0. The van der Waals surface area contributed by atoms with Crippen molar-refractivity contribution in [3.63, 3.8) is 0 Å². The monoisotopic (exact) mass is 267 g/mol. The zero-order valence-corrected chi connectivity index (χ0v) is 12.6. The van der Waals surface area contributed by atoms with Crippen molar-refractivity contribution in [3.8, 4) is 5.75 Å². The summed E-state index contributed by atoms with van der Waals surface area (Å²) < 4.78 is 5.13. The Labute approximate surface area is 121 Å². The van der Waals surface area contributed by atoms with Gasteiger partial charge in [-0.1, -0.05) is 32.9 Å². The molecule has 20 heavy (non-hydrogen) atoms. The van der Waals surface area contributed by atoms with Crippen molar-refractivity contribution in [2.45, 2.75) is 26.2 Å². The van der Waals surface area contributed by atoms with E-state index in [0.717, 1.165) is 17.0 Å². The fraction of sp³-hybridized carbons (Fsp3) is 0.278. The summed E-state index contributed by atoms with van der Waals surface area (Å²) in [6.45, 7) is 6.63. The van der Waals surface area contributed by atoms with Crippen LogP contribution in [0.25, 0.3) is 0 Å². The van der Waals surface area contributed by atoms with E-state index in [2.05, 4.69) is 50.0 Å². The number of hydrogen-bond acceptors (Lipinski definition) is 2. The highest BCUT2D eigenvalue weighted by molar-refractivity contribution is 5.82. The molecule has 0 unspecified atom stereocenters. The lowest BCUT2D eigenvalue weighted by atomic mass is 9.87. The van der Waals surface area contributed by atoms with Crippen molar-refractivity contribution in [3.05, 3.63) is 59.7 Å². The number of rotatable bonds is 3. The minimum absolute atomic E-state index is 0.179. The number of nitrogens with zero attached hydrogens (tertiary/aromatic N) is 1. The van der Waals surface area contributed by atoms with Crippen molar-refractivity contribution in [2.75, 3.05) is 7.11 Å². The maximum absolute atomic E-state index is 5.13. The van der Waals surface area contributed by atoms with Gasteiger partial charge in [-0.05, 0) is 52.9 Å². The van der Waals surface area contributed by atoms with Gasteiger partial charge in [0.25, 0.3) is 0 Å². The molecule has 0 aliphatic carbocycles. The standard InChI is InChI=1S/C18H21NO/c1-18(2,3)15-7-9-16(10-8-15)19-13-14-5-11-17(20-4)12-6-14/h5-13H,1-4H3. The third-order valence-electron chi connectivity index (χ3n) is 3.21. The molecule has 0 atom stereocenters. The molecule has 0 radical (unpaired) electrons.